The fraction of sp³-hybridized carbons (Fsp3) is 0.500. The Labute approximate surface area is 205 Å². The lowest BCUT2D eigenvalue weighted by Gasteiger charge is -2.27. The number of rotatable bonds is 10. The lowest BCUT2D eigenvalue weighted by atomic mass is 10.1. The molecule has 0 unspecified atom stereocenters. The highest BCUT2D eigenvalue weighted by atomic mass is 32.2. The van der Waals surface area contributed by atoms with Gasteiger partial charge in [0.1, 0.15) is 5.76 Å². The van der Waals surface area contributed by atoms with E-state index in [1.54, 1.807) is 6.26 Å². The maximum absolute atomic E-state index is 12.4. The van der Waals surface area contributed by atoms with E-state index in [0.717, 1.165) is 41.7 Å². The Bertz CT molecular complexity index is 1100. The van der Waals surface area contributed by atoms with Crippen LogP contribution in [0, 0.1) is 0 Å². The fourth-order valence-electron chi connectivity index (χ4n) is 4.15. The minimum atomic E-state index is -2.95. The van der Waals surface area contributed by atoms with E-state index in [4.69, 9.17) is 4.42 Å². The number of aliphatic imine (C=N–C) groups is 1. The molecule has 34 heavy (non-hydrogen) atoms. The Morgan fingerprint density at radius 2 is 2.06 bits per heavy atom. The van der Waals surface area contributed by atoms with Crippen LogP contribution in [-0.4, -0.2) is 66.3 Å². The van der Waals surface area contributed by atoms with Crippen LogP contribution in [0.2, 0.25) is 0 Å². The molecule has 0 saturated carbocycles. The second-order valence-electron chi connectivity index (χ2n) is 8.89. The summed E-state index contributed by atoms with van der Waals surface area (Å²) in [5, 5.41) is 7.07. The fourth-order valence-corrected chi connectivity index (χ4v) is 7.82. The minimum absolute atomic E-state index is 0.00688. The Balaban J connectivity index is 1.21. The largest absolute Gasteiger partial charge is 0.468 e. The van der Waals surface area contributed by atoms with Crippen LogP contribution in [0.25, 0.3) is 0 Å². The molecule has 1 saturated heterocycles. The van der Waals surface area contributed by atoms with Crippen LogP contribution < -0.4 is 10.6 Å². The van der Waals surface area contributed by atoms with E-state index in [1.165, 1.54) is 11.8 Å². The molecule has 1 aromatic carbocycles. The molecular formula is C24H32N4O4S2. The molecule has 2 aromatic rings. The van der Waals surface area contributed by atoms with Gasteiger partial charge in [0.15, 0.2) is 15.0 Å². The molecule has 0 radical (unpaired) electrons. The minimum Gasteiger partial charge on any atom is -0.468 e. The molecule has 4 rings (SSSR count). The van der Waals surface area contributed by atoms with Crippen molar-refractivity contribution < 1.29 is 17.6 Å². The summed E-state index contributed by atoms with van der Waals surface area (Å²) in [6.45, 7) is 6.41. The highest BCUT2D eigenvalue weighted by Crippen LogP contribution is 2.34. The lowest BCUT2D eigenvalue weighted by molar-refractivity contribution is -0.120. The Morgan fingerprint density at radius 3 is 2.74 bits per heavy atom. The summed E-state index contributed by atoms with van der Waals surface area (Å²) in [6.07, 6.45) is 3.03. The Morgan fingerprint density at radius 1 is 1.26 bits per heavy atom. The average Bonchev–Trinajstić information content (AvgIpc) is 3.49. The number of nitrogens with zero attached hydrogens (tertiary/aromatic N) is 2. The van der Waals surface area contributed by atoms with Gasteiger partial charge in [0.25, 0.3) is 0 Å². The summed E-state index contributed by atoms with van der Waals surface area (Å²) in [4.78, 5) is 19.3. The molecule has 0 spiro atoms. The second-order valence-corrected chi connectivity index (χ2v) is 12.3. The highest BCUT2D eigenvalue weighted by molar-refractivity contribution is 8.15. The molecule has 1 fully saturated rings. The van der Waals surface area contributed by atoms with Crippen molar-refractivity contribution in [3.63, 3.8) is 0 Å². The van der Waals surface area contributed by atoms with E-state index >= 15 is 0 Å². The van der Waals surface area contributed by atoms with Gasteiger partial charge in [-0.05, 0) is 43.2 Å². The van der Waals surface area contributed by atoms with Gasteiger partial charge >= 0.3 is 0 Å². The molecule has 2 aliphatic rings. The predicted molar refractivity (Wildman–Crippen MR) is 137 cm³/mol. The molecule has 3 atom stereocenters. The third kappa shape index (κ3) is 6.64. The summed E-state index contributed by atoms with van der Waals surface area (Å²) in [7, 11) is -2.95. The number of amidine groups is 1. The molecule has 2 N–H and O–H groups in total. The molecule has 184 valence electrons. The number of carbonyl (C=O) groups excluding carboxylic acids is 1. The summed E-state index contributed by atoms with van der Waals surface area (Å²) >= 11 is 1.49. The molecule has 10 heteroatoms. The van der Waals surface area contributed by atoms with E-state index in [9.17, 15) is 13.2 Å². The monoisotopic (exact) mass is 504 g/mol. The Kier molecular flexibility index (Phi) is 8.00. The van der Waals surface area contributed by atoms with Gasteiger partial charge in [-0.3, -0.25) is 14.7 Å². The normalized spacial score (nSPS) is 21.8. The first-order chi connectivity index (χ1) is 16.3. The van der Waals surface area contributed by atoms with E-state index in [0.29, 0.717) is 19.0 Å². The number of hydrogen-bond donors (Lipinski definition) is 2. The number of furan rings is 1. The Hall–Kier alpha value is -2.30. The van der Waals surface area contributed by atoms with Crippen molar-refractivity contribution in [1.82, 2.24) is 10.2 Å². The third-order valence-electron chi connectivity index (χ3n) is 6.26. The molecule has 3 heterocycles. The van der Waals surface area contributed by atoms with Crippen LogP contribution in [0.1, 0.15) is 31.6 Å². The van der Waals surface area contributed by atoms with Gasteiger partial charge in [-0.1, -0.05) is 30.8 Å². The average molecular weight is 505 g/mol. The van der Waals surface area contributed by atoms with E-state index in [2.05, 4.69) is 34.4 Å². The maximum Gasteiger partial charge on any atom is 0.224 e. The summed E-state index contributed by atoms with van der Waals surface area (Å²) in [6, 6.07) is 11.8. The SMILES string of the molecule is CC[C@H](C)N(CCNC(=O)Cc1ccc(NC2=N[C@H]3CS(=O)(=O)C[C@H]3S2)cc1)Cc1ccco1. The van der Waals surface area contributed by atoms with Gasteiger partial charge in [0, 0.05) is 30.1 Å². The molecule has 0 aliphatic carbocycles. The number of nitrogens with one attached hydrogen (secondary N) is 2. The summed E-state index contributed by atoms with van der Waals surface area (Å²) in [5.74, 6) is 1.26. The summed E-state index contributed by atoms with van der Waals surface area (Å²) < 4.78 is 28.9. The number of anilines is 1. The van der Waals surface area contributed by atoms with Crippen molar-refractivity contribution in [1.29, 1.82) is 0 Å². The first-order valence-corrected chi connectivity index (χ1v) is 14.4. The standard InChI is InChI=1S/C24H32N4O4S2/c1-3-17(2)28(14-20-5-4-12-32-20)11-10-25-23(29)13-18-6-8-19(9-7-18)26-24-27-21-15-34(30,31)16-22(21)33-24/h4-9,12,17,21-22H,3,10-11,13-16H2,1-2H3,(H,25,29)(H,26,27)/t17-,21-,22+/m0/s1. The molecular weight excluding hydrogens is 472 g/mol. The lowest BCUT2D eigenvalue weighted by Crippen LogP contribution is -2.39. The predicted octanol–water partition coefficient (Wildman–Crippen LogP) is 2.92. The summed E-state index contributed by atoms with van der Waals surface area (Å²) in [5.41, 5.74) is 1.81. The smallest absolute Gasteiger partial charge is 0.224 e. The third-order valence-corrected chi connectivity index (χ3v) is 9.40. The van der Waals surface area contributed by atoms with Crippen LogP contribution in [0.3, 0.4) is 0 Å². The highest BCUT2D eigenvalue weighted by Gasteiger charge is 2.42. The zero-order valence-corrected chi connectivity index (χ0v) is 21.2. The van der Waals surface area contributed by atoms with Gasteiger partial charge in [-0.2, -0.15) is 0 Å². The molecule has 1 aromatic heterocycles. The second kappa shape index (κ2) is 11.0. The molecule has 2 aliphatic heterocycles. The molecule has 8 nitrogen and oxygen atoms in total. The quantitative estimate of drug-likeness (QED) is 0.513. The number of thioether (sulfide) groups is 1. The van der Waals surface area contributed by atoms with E-state index < -0.39 is 9.84 Å². The number of hydrogen-bond acceptors (Lipinski definition) is 8. The topological polar surface area (TPSA) is 104 Å². The van der Waals surface area contributed by atoms with E-state index in [1.807, 2.05) is 36.4 Å². The number of fused-ring (bicyclic) bond motifs is 1. The number of benzene rings is 1. The molecule has 1 amide bonds. The zero-order valence-electron chi connectivity index (χ0n) is 19.6. The van der Waals surface area contributed by atoms with Crippen molar-refractivity contribution >= 4 is 38.4 Å². The zero-order chi connectivity index (χ0) is 24.1. The van der Waals surface area contributed by atoms with Gasteiger partial charge in [-0.15, -0.1) is 0 Å². The van der Waals surface area contributed by atoms with Crippen molar-refractivity contribution in [2.45, 2.75) is 50.6 Å². The van der Waals surface area contributed by atoms with Crippen LogP contribution in [-0.2, 0) is 27.6 Å². The van der Waals surface area contributed by atoms with Gasteiger partial charge in [0.2, 0.25) is 5.91 Å². The number of sulfone groups is 1. The van der Waals surface area contributed by atoms with Crippen LogP contribution in [0.15, 0.2) is 52.1 Å². The number of amides is 1. The van der Waals surface area contributed by atoms with Crippen molar-refractivity contribution in [2.24, 2.45) is 4.99 Å². The van der Waals surface area contributed by atoms with Gasteiger partial charge in [-0.25, -0.2) is 8.42 Å². The van der Waals surface area contributed by atoms with Crippen molar-refractivity contribution in [3.8, 4) is 0 Å². The van der Waals surface area contributed by atoms with Gasteiger partial charge in [0.05, 0.1) is 36.8 Å². The molecule has 0 bridgehead atoms. The van der Waals surface area contributed by atoms with Crippen LogP contribution in [0.4, 0.5) is 5.69 Å². The van der Waals surface area contributed by atoms with Crippen molar-refractivity contribution in [3.05, 3.63) is 54.0 Å². The number of carbonyl (C=O) groups is 1. The van der Waals surface area contributed by atoms with Crippen LogP contribution >= 0.6 is 11.8 Å². The first-order valence-electron chi connectivity index (χ1n) is 11.7. The van der Waals surface area contributed by atoms with E-state index in [-0.39, 0.29) is 28.7 Å². The van der Waals surface area contributed by atoms with Crippen LogP contribution in [0.5, 0.6) is 0 Å². The van der Waals surface area contributed by atoms with Crippen molar-refractivity contribution in [2.75, 3.05) is 29.9 Å². The first kappa shape index (κ1) is 24.8. The van der Waals surface area contributed by atoms with Gasteiger partial charge < -0.3 is 15.1 Å². The maximum atomic E-state index is 12.4.